The predicted octanol–water partition coefficient (Wildman–Crippen LogP) is 1.04. The van der Waals surface area contributed by atoms with Crippen LogP contribution in [0.25, 0.3) is 0 Å². The highest BCUT2D eigenvalue weighted by molar-refractivity contribution is 5.86. The Labute approximate surface area is 109 Å². The molecule has 0 aromatic carbocycles. The molecule has 0 radical (unpaired) electrons. The molecule has 1 heterocycles. The second kappa shape index (κ2) is 6.18. The van der Waals surface area contributed by atoms with E-state index in [1.54, 1.807) is 4.90 Å². The zero-order valence-corrected chi connectivity index (χ0v) is 11.7. The summed E-state index contributed by atoms with van der Waals surface area (Å²) < 4.78 is 0. The maximum atomic E-state index is 11.7. The van der Waals surface area contributed by atoms with Crippen LogP contribution in [0.4, 0.5) is 0 Å². The van der Waals surface area contributed by atoms with Crippen molar-refractivity contribution in [3.05, 3.63) is 0 Å². The quantitative estimate of drug-likeness (QED) is 0.771. The van der Waals surface area contributed by atoms with Gasteiger partial charge in [-0.3, -0.25) is 14.5 Å². The van der Waals surface area contributed by atoms with E-state index < -0.39 is 11.9 Å². The van der Waals surface area contributed by atoms with Crippen molar-refractivity contribution in [2.45, 2.75) is 46.2 Å². The number of carbonyl (C=O) groups is 2. The lowest BCUT2D eigenvalue weighted by Crippen LogP contribution is -2.43. The van der Waals surface area contributed by atoms with E-state index in [0.29, 0.717) is 25.2 Å². The van der Waals surface area contributed by atoms with Gasteiger partial charge in [0.2, 0.25) is 5.91 Å². The zero-order chi connectivity index (χ0) is 13.9. The highest BCUT2D eigenvalue weighted by atomic mass is 16.4. The number of aliphatic carboxylic acids is 1. The molecule has 0 saturated carbocycles. The first kappa shape index (κ1) is 15.0. The van der Waals surface area contributed by atoms with E-state index in [1.165, 1.54) is 0 Å². The van der Waals surface area contributed by atoms with Crippen molar-refractivity contribution in [2.24, 2.45) is 5.92 Å². The molecular weight excluding hydrogens is 232 g/mol. The molecule has 0 aromatic heterocycles. The molecule has 18 heavy (non-hydrogen) atoms. The van der Waals surface area contributed by atoms with Gasteiger partial charge in [-0.15, -0.1) is 0 Å². The van der Waals surface area contributed by atoms with Gasteiger partial charge < -0.3 is 10.0 Å². The Morgan fingerprint density at radius 2 is 1.94 bits per heavy atom. The molecule has 1 unspecified atom stereocenters. The topological polar surface area (TPSA) is 60.9 Å². The van der Waals surface area contributed by atoms with Gasteiger partial charge in [-0.25, -0.2) is 0 Å². The lowest BCUT2D eigenvalue weighted by Gasteiger charge is -2.32. The third-order valence-corrected chi connectivity index (χ3v) is 3.52. The second-order valence-electron chi connectivity index (χ2n) is 5.50. The summed E-state index contributed by atoms with van der Waals surface area (Å²) in [6, 6.07) is 0.857. The highest BCUT2D eigenvalue weighted by Crippen LogP contribution is 2.18. The minimum atomic E-state index is -0.865. The SMILES string of the molecule is CC(C)N(CCN1CC(C(=O)O)CC1=O)C(C)C. The van der Waals surface area contributed by atoms with Gasteiger partial charge >= 0.3 is 5.97 Å². The van der Waals surface area contributed by atoms with Crippen molar-refractivity contribution in [1.82, 2.24) is 9.80 Å². The molecule has 1 atom stereocenters. The number of hydrogen-bond donors (Lipinski definition) is 1. The molecule has 1 aliphatic heterocycles. The van der Waals surface area contributed by atoms with Gasteiger partial charge in [-0.05, 0) is 27.7 Å². The molecule has 1 N–H and O–H groups in total. The van der Waals surface area contributed by atoms with E-state index in [-0.39, 0.29) is 12.3 Å². The van der Waals surface area contributed by atoms with E-state index >= 15 is 0 Å². The van der Waals surface area contributed by atoms with Crippen molar-refractivity contribution < 1.29 is 14.7 Å². The monoisotopic (exact) mass is 256 g/mol. The molecule has 1 rings (SSSR count). The standard InChI is InChI=1S/C13H24N2O3/c1-9(2)15(10(3)4)6-5-14-8-11(13(17)18)7-12(14)16/h9-11H,5-8H2,1-4H3,(H,17,18). The van der Waals surface area contributed by atoms with Crippen molar-refractivity contribution >= 4 is 11.9 Å². The van der Waals surface area contributed by atoms with Crippen LogP contribution < -0.4 is 0 Å². The van der Waals surface area contributed by atoms with Gasteiger partial charge in [-0.2, -0.15) is 0 Å². The summed E-state index contributed by atoms with van der Waals surface area (Å²) in [5.74, 6) is -1.42. The Morgan fingerprint density at radius 1 is 1.39 bits per heavy atom. The van der Waals surface area contributed by atoms with Crippen LogP contribution in [-0.2, 0) is 9.59 Å². The van der Waals surface area contributed by atoms with Gasteiger partial charge in [-0.1, -0.05) is 0 Å². The van der Waals surface area contributed by atoms with Crippen LogP contribution in [0.5, 0.6) is 0 Å². The van der Waals surface area contributed by atoms with Crippen LogP contribution in [0, 0.1) is 5.92 Å². The molecule has 0 bridgehead atoms. The molecule has 0 aliphatic carbocycles. The second-order valence-corrected chi connectivity index (χ2v) is 5.50. The van der Waals surface area contributed by atoms with E-state index in [2.05, 4.69) is 32.6 Å². The maximum Gasteiger partial charge on any atom is 0.308 e. The number of carbonyl (C=O) groups excluding carboxylic acids is 1. The normalized spacial score (nSPS) is 20.5. The molecule has 104 valence electrons. The first-order valence-corrected chi connectivity index (χ1v) is 6.59. The first-order valence-electron chi connectivity index (χ1n) is 6.59. The number of nitrogens with zero attached hydrogens (tertiary/aromatic N) is 2. The fourth-order valence-corrected chi connectivity index (χ4v) is 2.50. The maximum absolute atomic E-state index is 11.7. The van der Waals surface area contributed by atoms with Gasteiger partial charge in [0, 0.05) is 38.1 Å². The summed E-state index contributed by atoms with van der Waals surface area (Å²) in [7, 11) is 0. The van der Waals surface area contributed by atoms with E-state index in [4.69, 9.17) is 5.11 Å². The third-order valence-electron chi connectivity index (χ3n) is 3.52. The molecule has 5 heteroatoms. The smallest absolute Gasteiger partial charge is 0.308 e. The first-order chi connectivity index (χ1) is 8.32. The van der Waals surface area contributed by atoms with Crippen LogP contribution in [0.2, 0.25) is 0 Å². The number of hydrogen-bond acceptors (Lipinski definition) is 3. The summed E-state index contributed by atoms with van der Waals surface area (Å²) in [5, 5.41) is 8.91. The fourth-order valence-electron chi connectivity index (χ4n) is 2.50. The molecule has 0 aromatic rings. The Balaban J connectivity index is 2.48. The number of rotatable bonds is 6. The van der Waals surface area contributed by atoms with Crippen LogP contribution in [-0.4, -0.2) is 58.5 Å². The summed E-state index contributed by atoms with van der Waals surface area (Å²) in [6.07, 6.45) is 0.151. The van der Waals surface area contributed by atoms with Crippen LogP contribution >= 0.6 is 0 Å². The van der Waals surface area contributed by atoms with Gasteiger partial charge in [0.15, 0.2) is 0 Å². The summed E-state index contributed by atoms with van der Waals surface area (Å²) in [6.45, 7) is 10.3. The van der Waals surface area contributed by atoms with Gasteiger partial charge in [0.1, 0.15) is 0 Å². The lowest BCUT2D eigenvalue weighted by atomic mass is 10.1. The summed E-state index contributed by atoms with van der Waals surface area (Å²) >= 11 is 0. The Morgan fingerprint density at radius 3 is 2.33 bits per heavy atom. The van der Waals surface area contributed by atoms with Crippen LogP contribution in [0.1, 0.15) is 34.1 Å². The molecule has 1 saturated heterocycles. The number of carboxylic acids is 1. The van der Waals surface area contributed by atoms with Gasteiger partial charge in [0.25, 0.3) is 0 Å². The van der Waals surface area contributed by atoms with Crippen molar-refractivity contribution in [2.75, 3.05) is 19.6 Å². The van der Waals surface area contributed by atoms with Crippen molar-refractivity contribution in [1.29, 1.82) is 0 Å². The Hall–Kier alpha value is -1.10. The zero-order valence-electron chi connectivity index (χ0n) is 11.7. The summed E-state index contributed by atoms with van der Waals surface area (Å²) in [4.78, 5) is 26.5. The number of likely N-dealkylation sites (tertiary alicyclic amines) is 1. The molecule has 1 fully saturated rings. The molecule has 5 nitrogen and oxygen atoms in total. The fraction of sp³-hybridized carbons (Fsp3) is 0.846. The number of amides is 1. The van der Waals surface area contributed by atoms with E-state index in [1.807, 2.05) is 0 Å². The highest BCUT2D eigenvalue weighted by Gasteiger charge is 2.34. The van der Waals surface area contributed by atoms with E-state index in [0.717, 1.165) is 6.54 Å². The Kier molecular flexibility index (Phi) is 5.14. The molecule has 0 spiro atoms. The van der Waals surface area contributed by atoms with Crippen molar-refractivity contribution in [3.63, 3.8) is 0 Å². The third kappa shape index (κ3) is 3.70. The molecule has 1 aliphatic rings. The Bertz CT molecular complexity index is 307. The average molecular weight is 256 g/mol. The van der Waals surface area contributed by atoms with Gasteiger partial charge in [0.05, 0.1) is 5.92 Å². The lowest BCUT2D eigenvalue weighted by molar-refractivity contribution is -0.141. The largest absolute Gasteiger partial charge is 0.481 e. The minimum absolute atomic E-state index is 0.0325. The van der Waals surface area contributed by atoms with Crippen LogP contribution in [0.3, 0.4) is 0 Å². The summed E-state index contributed by atoms with van der Waals surface area (Å²) in [5.41, 5.74) is 0. The molecule has 1 amide bonds. The number of carboxylic acid groups (broad SMARTS) is 1. The predicted molar refractivity (Wildman–Crippen MR) is 69.3 cm³/mol. The average Bonchev–Trinajstić information content (AvgIpc) is 2.59. The van der Waals surface area contributed by atoms with Crippen LogP contribution in [0.15, 0.2) is 0 Å². The molecular formula is C13H24N2O3. The minimum Gasteiger partial charge on any atom is -0.481 e. The van der Waals surface area contributed by atoms with Crippen molar-refractivity contribution in [3.8, 4) is 0 Å². The van der Waals surface area contributed by atoms with E-state index in [9.17, 15) is 9.59 Å².